The van der Waals surface area contributed by atoms with Crippen molar-refractivity contribution in [1.29, 1.82) is 0 Å². The Morgan fingerprint density at radius 1 is 1.24 bits per heavy atom. The summed E-state index contributed by atoms with van der Waals surface area (Å²) in [6, 6.07) is 7.65. The summed E-state index contributed by atoms with van der Waals surface area (Å²) in [6.45, 7) is 0.686. The zero-order valence-corrected chi connectivity index (χ0v) is 12.5. The van der Waals surface area contributed by atoms with Gasteiger partial charge in [-0.3, -0.25) is 9.89 Å². The van der Waals surface area contributed by atoms with Crippen molar-refractivity contribution in [3.63, 3.8) is 0 Å². The van der Waals surface area contributed by atoms with E-state index in [1.54, 1.807) is 0 Å². The van der Waals surface area contributed by atoms with E-state index in [1.807, 2.05) is 24.3 Å². The zero-order valence-electron chi connectivity index (χ0n) is 11.7. The van der Waals surface area contributed by atoms with Crippen LogP contribution < -0.4 is 11.1 Å². The van der Waals surface area contributed by atoms with E-state index in [0.29, 0.717) is 13.0 Å². The summed E-state index contributed by atoms with van der Waals surface area (Å²) in [7, 11) is 0. The summed E-state index contributed by atoms with van der Waals surface area (Å²) in [5, 5.41) is 10.2. The number of carbonyl (C=O) groups excluding carboxylic acids is 1. The first kappa shape index (κ1) is 15.5. The number of hydrogen-bond acceptors (Lipinski definition) is 5. The molecule has 7 heteroatoms. The van der Waals surface area contributed by atoms with E-state index in [2.05, 4.69) is 20.5 Å². The number of rotatable bonds is 8. The minimum absolute atomic E-state index is 0.0441. The van der Waals surface area contributed by atoms with Crippen molar-refractivity contribution in [1.82, 2.24) is 15.2 Å². The lowest BCUT2D eigenvalue weighted by molar-refractivity contribution is -0.116. The second-order valence-corrected chi connectivity index (χ2v) is 5.63. The van der Waals surface area contributed by atoms with Gasteiger partial charge in [0, 0.05) is 17.0 Å². The largest absolute Gasteiger partial charge is 0.330 e. The van der Waals surface area contributed by atoms with Gasteiger partial charge in [0.1, 0.15) is 6.33 Å². The number of aromatic nitrogens is 3. The second kappa shape index (κ2) is 8.43. The normalized spacial score (nSPS) is 10.5. The van der Waals surface area contributed by atoms with Gasteiger partial charge in [0.15, 0.2) is 5.16 Å². The summed E-state index contributed by atoms with van der Waals surface area (Å²) in [5.41, 5.74) is 6.22. The molecule has 1 aromatic carbocycles. The molecular weight excluding hydrogens is 286 g/mol. The molecule has 6 nitrogen and oxygen atoms in total. The first-order valence-corrected chi connectivity index (χ1v) is 7.73. The third kappa shape index (κ3) is 5.57. The van der Waals surface area contributed by atoms with E-state index in [9.17, 15) is 4.79 Å². The minimum atomic E-state index is 0.0441. The zero-order chi connectivity index (χ0) is 14.9. The molecular formula is C14H19N5OS. The van der Waals surface area contributed by atoms with Gasteiger partial charge in [-0.1, -0.05) is 18.2 Å². The van der Waals surface area contributed by atoms with Gasteiger partial charge in [0.25, 0.3) is 0 Å². The number of nitrogens with one attached hydrogen (secondary N) is 2. The third-order valence-electron chi connectivity index (χ3n) is 2.85. The Labute approximate surface area is 127 Å². The first-order valence-electron chi connectivity index (χ1n) is 6.91. The highest BCUT2D eigenvalue weighted by atomic mass is 32.2. The molecule has 0 radical (unpaired) electrons. The van der Waals surface area contributed by atoms with E-state index in [4.69, 9.17) is 5.73 Å². The van der Waals surface area contributed by atoms with Crippen molar-refractivity contribution in [3.8, 4) is 0 Å². The van der Waals surface area contributed by atoms with E-state index in [0.717, 1.165) is 35.0 Å². The van der Waals surface area contributed by atoms with Crippen LogP contribution in [0.1, 0.15) is 25.7 Å². The van der Waals surface area contributed by atoms with E-state index in [1.165, 1.54) is 18.1 Å². The maximum absolute atomic E-state index is 11.7. The van der Waals surface area contributed by atoms with Crippen LogP contribution in [-0.2, 0) is 4.79 Å². The quantitative estimate of drug-likeness (QED) is 0.651. The number of nitrogens with two attached hydrogens (primary N) is 1. The van der Waals surface area contributed by atoms with Gasteiger partial charge in [-0.25, -0.2) is 4.98 Å². The van der Waals surface area contributed by atoms with Crippen LogP contribution in [0, 0.1) is 0 Å². The molecule has 0 saturated heterocycles. The van der Waals surface area contributed by atoms with Crippen LogP contribution in [0.15, 0.2) is 40.6 Å². The summed E-state index contributed by atoms with van der Waals surface area (Å²) in [6.07, 6.45) is 4.86. The predicted octanol–water partition coefficient (Wildman–Crippen LogP) is 2.41. The molecule has 0 atom stereocenters. The van der Waals surface area contributed by atoms with Gasteiger partial charge in [-0.2, -0.15) is 5.10 Å². The van der Waals surface area contributed by atoms with Crippen molar-refractivity contribution in [2.75, 3.05) is 11.9 Å². The van der Waals surface area contributed by atoms with Gasteiger partial charge in [0.05, 0.1) is 0 Å². The topological polar surface area (TPSA) is 96.7 Å². The number of aromatic amines is 1. The van der Waals surface area contributed by atoms with Gasteiger partial charge in [-0.05, 0) is 43.7 Å². The fraction of sp³-hybridized carbons (Fsp3) is 0.357. The van der Waals surface area contributed by atoms with Crippen LogP contribution in [0.25, 0.3) is 0 Å². The highest BCUT2D eigenvalue weighted by Crippen LogP contribution is 2.25. The van der Waals surface area contributed by atoms with E-state index < -0.39 is 0 Å². The van der Waals surface area contributed by atoms with Gasteiger partial charge >= 0.3 is 0 Å². The van der Waals surface area contributed by atoms with Gasteiger partial charge in [-0.15, -0.1) is 0 Å². The number of carbonyl (C=O) groups is 1. The number of hydrogen-bond donors (Lipinski definition) is 3. The summed E-state index contributed by atoms with van der Waals surface area (Å²) < 4.78 is 0. The Kier molecular flexibility index (Phi) is 6.23. The maximum atomic E-state index is 11.7. The number of H-pyrrole nitrogens is 1. The molecule has 0 aliphatic heterocycles. The van der Waals surface area contributed by atoms with Crippen LogP contribution in [-0.4, -0.2) is 27.6 Å². The molecule has 2 rings (SSSR count). The average molecular weight is 305 g/mol. The molecule has 0 fully saturated rings. The van der Waals surface area contributed by atoms with Crippen molar-refractivity contribution >= 4 is 23.4 Å². The summed E-state index contributed by atoms with van der Waals surface area (Å²) in [4.78, 5) is 16.8. The Morgan fingerprint density at radius 3 is 2.71 bits per heavy atom. The molecule has 1 heterocycles. The van der Waals surface area contributed by atoms with Crippen molar-refractivity contribution < 1.29 is 4.79 Å². The SMILES string of the molecule is NCCCCCC(=O)Nc1ccc(Sc2ncn[nH]2)cc1. The smallest absolute Gasteiger partial charge is 0.224 e. The monoisotopic (exact) mass is 305 g/mol. The lowest BCUT2D eigenvalue weighted by Crippen LogP contribution is -2.11. The van der Waals surface area contributed by atoms with Gasteiger partial charge in [0.2, 0.25) is 5.91 Å². The fourth-order valence-electron chi connectivity index (χ4n) is 1.79. The first-order chi connectivity index (χ1) is 10.3. The van der Waals surface area contributed by atoms with Crippen LogP contribution in [0.4, 0.5) is 5.69 Å². The Balaban J connectivity index is 1.78. The van der Waals surface area contributed by atoms with Crippen molar-refractivity contribution in [2.45, 2.75) is 35.7 Å². The molecule has 112 valence electrons. The van der Waals surface area contributed by atoms with Gasteiger partial charge < -0.3 is 11.1 Å². The van der Waals surface area contributed by atoms with Crippen molar-refractivity contribution in [2.24, 2.45) is 5.73 Å². The highest BCUT2D eigenvalue weighted by molar-refractivity contribution is 7.99. The van der Waals surface area contributed by atoms with Crippen LogP contribution >= 0.6 is 11.8 Å². The molecule has 1 aromatic heterocycles. The molecule has 4 N–H and O–H groups in total. The molecule has 2 aromatic rings. The average Bonchev–Trinajstić information content (AvgIpc) is 2.99. The van der Waals surface area contributed by atoms with E-state index in [-0.39, 0.29) is 5.91 Å². The predicted molar refractivity (Wildman–Crippen MR) is 83.1 cm³/mol. The van der Waals surface area contributed by atoms with Crippen LogP contribution in [0.3, 0.4) is 0 Å². The molecule has 0 unspecified atom stereocenters. The van der Waals surface area contributed by atoms with Crippen molar-refractivity contribution in [3.05, 3.63) is 30.6 Å². The standard InChI is InChI=1S/C14H19N5OS/c15-9-3-1-2-4-13(20)18-11-5-7-12(8-6-11)21-14-16-10-17-19-14/h5-8,10H,1-4,9,15H2,(H,18,20)(H,16,17,19). The molecule has 0 saturated carbocycles. The molecule has 0 aliphatic carbocycles. The van der Waals surface area contributed by atoms with Crippen LogP contribution in [0.5, 0.6) is 0 Å². The number of anilines is 1. The lowest BCUT2D eigenvalue weighted by Gasteiger charge is -2.06. The Bertz CT molecular complexity index is 541. The summed E-state index contributed by atoms with van der Waals surface area (Å²) >= 11 is 1.49. The lowest BCUT2D eigenvalue weighted by atomic mass is 10.2. The Hall–Kier alpha value is -1.86. The molecule has 0 bridgehead atoms. The number of benzene rings is 1. The second-order valence-electron chi connectivity index (χ2n) is 4.56. The number of amides is 1. The molecule has 0 aliphatic rings. The number of unbranched alkanes of at least 4 members (excludes halogenated alkanes) is 2. The van der Waals surface area contributed by atoms with Crippen LogP contribution in [0.2, 0.25) is 0 Å². The molecule has 21 heavy (non-hydrogen) atoms. The van der Waals surface area contributed by atoms with E-state index >= 15 is 0 Å². The third-order valence-corrected chi connectivity index (χ3v) is 3.75. The summed E-state index contributed by atoms with van der Waals surface area (Å²) in [5.74, 6) is 0.0441. The fourth-order valence-corrected chi connectivity index (χ4v) is 2.49. The molecule has 1 amide bonds. The number of nitrogens with zero attached hydrogens (tertiary/aromatic N) is 2. The highest BCUT2D eigenvalue weighted by Gasteiger charge is 2.03. The Morgan fingerprint density at radius 2 is 2.05 bits per heavy atom. The minimum Gasteiger partial charge on any atom is -0.330 e. The maximum Gasteiger partial charge on any atom is 0.224 e. The molecule has 0 spiro atoms.